The minimum absolute atomic E-state index is 0.881. The molecule has 0 saturated heterocycles. The van der Waals surface area contributed by atoms with Crippen LogP contribution in [-0.2, 0) is 13.0 Å². The first-order valence-corrected chi connectivity index (χ1v) is 7.61. The van der Waals surface area contributed by atoms with Gasteiger partial charge in [-0.3, -0.25) is 4.99 Å². The standard InChI is InChI=1S/C18H19N3/c1-2-6-15-13-21(12-9-14(15)5-1)17-8-4-3-7-16(17)18-19-10-11-20-18/h1-8H,9-13H2,(H,19,20). The summed E-state index contributed by atoms with van der Waals surface area (Å²) < 4.78 is 0. The Labute approximate surface area is 125 Å². The maximum atomic E-state index is 4.58. The molecule has 0 unspecified atom stereocenters. The summed E-state index contributed by atoms with van der Waals surface area (Å²) in [6.45, 7) is 3.89. The third-order valence-corrected chi connectivity index (χ3v) is 4.30. The summed E-state index contributed by atoms with van der Waals surface area (Å²) >= 11 is 0. The first kappa shape index (κ1) is 12.5. The molecule has 0 radical (unpaired) electrons. The highest BCUT2D eigenvalue weighted by Gasteiger charge is 2.20. The van der Waals surface area contributed by atoms with Crippen LogP contribution < -0.4 is 10.2 Å². The second-order valence-corrected chi connectivity index (χ2v) is 5.61. The number of benzene rings is 2. The van der Waals surface area contributed by atoms with Crippen LogP contribution in [0.4, 0.5) is 5.69 Å². The Bertz CT molecular complexity index is 690. The van der Waals surface area contributed by atoms with Crippen LogP contribution in [0.5, 0.6) is 0 Å². The summed E-state index contributed by atoms with van der Waals surface area (Å²) in [5, 5.41) is 3.39. The van der Waals surface area contributed by atoms with Crippen LogP contribution in [0.2, 0.25) is 0 Å². The summed E-state index contributed by atoms with van der Waals surface area (Å²) in [5.74, 6) is 1.05. The lowest BCUT2D eigenvalue weighted by atomic mass is 9.98. The van der Waals surface area contributed by atoms with Gasteiger partial charge < -0.3 is 10.2 Å². The van der Waals surface area contributed by atoms with Crippen molar-refractivity contribution in [2.75, 3.05) is 24.5 Å². The first-order chi connectivity index (χ1) is 10.4. The topological polar surface area (TPSA) is 27.6 Å². The smallest absolute Gasteiger partial charge is 0.130 e. The van der Waals surface area contributed by atoms with Crippen LogP contribution in [0.25, 0.3) is 0 Å². The fourth-order valence-electron chi connectivity index (χ4n) is 3.23. The van der Waals surface area contributed by atoms with Gasteiger partial charge >= 0.3 is 0 Å². The molecule has 0 bridgehead atoms. The van der Waals surface area contributed by atoms with Gasteiger partial charge in [0.25, 0.3) is 0 Å². The Balaban J connectivity index is 1.69. The highest BCUT2D eigenvalue weighted by molar-refractivity contribution is 6.04. The van der Waals surface area contributed by atoms with E-state index in [-0.39, 0.29) is 0 Å². The zero-order valence-corrected chi connectivity index (χ0v) is 12.0. The van der Waals surface area contributed by atoms with E-state index in [2.05, 4.69) is 63.7 Å². The number of anilines is 1. The molecule has 0 atom stereocenters. The van der Waals surface area contributed by atoms with Gasteiger partial charge in [-0.1, -0.05) is 36.4 Å². The van der Waals surface area contributed by atoms with E-state index >= 15 is 0 Å². The fraction of sp³-hybridized carbons (Fsp3) is 0.278. The Kier molecular flexibility index (Phi) is 3.11. The minimum atomic E-state index is 0.881. The molecule has 21 heavy (non-hydrogen) atoms. The third-order valence-electron chi connectivity index (χ3n) is 4.30. The van der Waals surface area contributed by atoms with Crippen LogP contribution in [0.1, 0.15) is 16.7 Å². The zero-order chi connectivity index (χ0) is 14.1. The normalized spacial score (nSPS) is 17.1. The van der Waals surface area contributed by atoms with Crippen molar-refractivity contribution < 1.29 is 0 Å². The molecule has 0 spiro atoms. The second kappa shape index (κ2) is 5.24. The number of hydrogen-bond acceptors (Lipinski definition) is 3. The minimum Gasteiger partial charge on any atom is -0.368 e. The number of amidine groups is 1. The van der Waals surface area contributed by atoms with Crippen molar-refractivity contribution in [3.05, 3.63) is 65.2 Å². The number of nitrogens with one attached hydrogen (secondary N) is 1. The monoisotopic (exact) mass is 277 g/mol. The molecule has 2 aromatic carbocycles. The summed E-state index contributed by atoms with van der Waals surface area (Å²) in [5.41, 5.74) is 5.46. The predicted molar refractivity (Wildman–Crippen MR) is 87.0 cm³/mol. The van der Waals surface area contributed by atoms with Gasteiger partial charge in [-0.25, -0.2) is 0 Å². The van der Waals surface area contributed by atoms with Crippen LogP contribution in [-0.4, -0.2) is 25.5 Å². The van der Waals surface area contributed by atoms with E-state index in [0.717, 1.165) is 38.4 Å². The van der Waals surface area contributed by atoms with E-state index in [1.54, 1.807) is 0 Å². The molecule has 3 nitrogen and oxygen atoms in total. The summed E-state index contributed by atoms with van der Waals surface area (Å²) in [6.07, 6.45) is 1.12. The van der Waals surface area contributed by atoms with Gasteiger partial charge in [-0.15, -0.1) is 0 Å². The van der Waals surface area contributed by atoms with Crippen molar-refractivity contribution in [3.8, 4) is 0 Å². The van der Waals surface area contributed by atoms with Crippen molar-refractivity contribution in [3.63, 3.8) is 0 Å². The van der Waals surface area contributed by atoms with Gasteiger partial charge in [0, 0.05) is 30.9 Å². The number of para-hydroxylation sites is 1. The molecule has 0 amide bonds. The van der Waals surface area contributed by atoms with E-state index in [1.807, 2.05) is 0 Å². The Morgan fingerprint density at radius 1 is 0.952 bits per heavy atom. The Hall–Kier alpha value is -2.29. The summed E-state index contributed by atoms with van der Waals surface area (Å²) in [6, 6.07) is 17.4. The van der Waals surface area contributed by atoms with Gasteiger partial charge in [-0.05, 0) is 29.7 Å². The van der Waals surface area contributed by atoms with E-state index < -0.39 is 0 Å². The van der Waals surface area contributed by atoms with Gasteiger partial charge in [0.05, 0.1) is 6.54 Å². The largest absolute Gasteiger partial charge is 0.368 e. The van der Waals surface area contributed by atoms with Crippen LogP contribution >= 0.6 is 0 Å². The number of hydrogen-bond donors (Lipinski definition) is 1. The maximum absolute atomic E-state index is 4.58. The van der Waals surface area contributed by atoms with Gasteiger partial charge in [-0.2, -0.15) is 0 Å². The molecule has 4 rings (SSSR count). The van der Waals surface area contributed by atoms with Crippen LogP contribution in [0, 0.1) is 0 Å². The van der Waals surface area contributed by atoms with E-state index in [9.17, 15) is 0 Å². The lowest BCUT2D eigenvalue weighted by Crippen LogP contribution is -2.32. The Morgan fingerprint density at radius 2 is 1.76 bits per heavy atom. The molecule has 2 aliphatic heterocycles. The molecule has 2 aliphatic rings. The van der Waals surface area contributed by atoms with Gasteiger partial charge in [0.1, 0.15) is 5.84 Å². The first-order valence-electron chi connectivity index (χ1n) is 7.61. The molecule has 0 saturated carbocycles. The van der Waals surface area contributed by atoms with Crippen LogP contribution in [0.15, 0.2) is 53.5 Å². The van der Waals surface area contributed by atoms with Crippen molar-refractivity contribution >= 4 is 11.5 Å². The van der Waals surface area contributed by atoms with Crippen molar-refractivity contribution in [1.29, 1.82) is 0 Å². The number of fused-ring (bicyclic) bond motifs is 1. The molecule has 0 fully saturated rings. The highest BCUT2D eigenvalue weighted by atomic mass is 15.1. The predicted octanol–water partition coefficient (Wildman–Crippen LogP) is 2.60. The van der Waals surface area contributed by atoms with Crippen molar-refractivity contribution in [2.24, 2.45) is 4.99 Å². The molecule has 106 valence electrons. The molecule has 0 aromatic heterocycles. The molecule has 2 heterocycles. The van der Waals surface area contributed by atoms with Gasteiger partial charge in [0.15, 0.2) is 0 Å². The molecule has 3 heteroatoms. The van der Waals surface area contributed by atoms with E-state index in [1.165, 1.54) is 22.4 Å². The zero-order valence-electron chi connectivity index (χ0n) is 12.0. The SMILES string of the molecule is c1ccc2c(c1)CCN(c1ccccc1C1=NCCN1)C2. The van der Waals surface area contributed by atoms with Crippen LogP contribution in [0.3, 0.4) is 0 Å². The van der Waals surface area contributed by atoms with E-state index in [4.69, 9.17) is 0 Å². The lowest BCUT2D eigenvalue weighted by Gasteiger charge is -2.32. The van der Waals surface area contributed by atoms with E-state index in [0.29, 0.717) is 0 Å². The third kappa shape index (κ3) is 2.29. The molecule has 0 aliphatic carbocycles. The quantitative estimate of drug-likeness (QED) is 0.913. The van der Waals surface area contributed by atoms with Crippen molar-refractivity contribution in [1.82, 2.24) is 5.32 Å². The fourth-order valence-corrected chi connectivity index (χ4v) is 3.23. The molecule has 1 N–H and O–H groups in total. The number of nitrogens with zero attached hydrogens (tertiary/aromatic N) is 2. The highest BCUT2D eigenvalue weighted by Crippen LogP contribution is 2.27. The average Bonchev–Trinajstić information content (AvgIpc) is 3.09. The Morgan fingerprint density at radius 3 is 2.62 bits per heavy atom. The number of rotatable bonds is 2. The maximum Gasteiger partial charge on any atom is 0.130 e. The summed E-state index contributed by atoms with van der Waals surface area (Å²) in [4.78, 5) is 7.06. The van der Waals surface area contributed by atoms with Gasteiger partial charge in [0.2, 0.25) is 0 Å². The molecular weight excluding hydrogens is 258 g/mol. The molecular formula is C18H19N3. The average molecular weight is 277 g/mol. The second-order valence-electron chi connectivity index (χ2n) is 5.61. The summed E-state index contributed by atoms with van der Waals surface area (Å²) in [7, 11) is 0. The lowest BCUT2D eigenvalue weighted by molar-refractivity contribution is 0.731. The number of aliphatic imine (C=N–C) groups is 1. The van der Waals surface area contributed by atoms with Crippen molar-refractivity contribution in [2.45, 2.75) is 13.0 Å². The molecule has 2 aromatic rings.